The molecule has 5 heteroatoms. The van der Waals surface area contributed by atoms with E-state index in [0.29, 0.717) is 11.8 Å². The Morgan fingerprint density at radius 1 is 1.27 bits per heavy atom. The molecule has 4 rings (SSSR count). The van der Waals surface area contributed by atoms with Crippen LogP contribution in [0.1, 0.15) is 36.8 Å². The minimum atomic E-state index is -0.569. The molecule has 1 aromatic carbocycles. The van der Waals surface area contributed by atoms with E-state index < -0.39 is 5.66 Å². The van der Waals surface area contributed by atoms with E-state index in [2.05, 4.69) is 40.2 Å². The molecule has 0 radical (unpaired) electrons. The third kappa shape index (κ3) is 1.72. The van der Waals surface area contributed by atoms with E-state index in [0.717, 1.165) is 18.6 Å². The van der Waals surface area contributed by atoms with Crippen LogP contribution in [-0.2, 0) is 10.4 Å². The summed E-state index contributed by atoms with van der Waals surface area (Å²) in [5, 5.41) is 0. The SMILES string of the molecule is COC1CCC2c3ccccc3C3(N=C(C)C(N)=N3)C2C1Br. The van der Waals surface area contributed by atoms with Crippen LogP contribution in [0.25, 0.3) is 0 Å². The highest BCUT2D eigenvalue weighted by atomic mass is 79.9. The van der Waals surface area contributed by atoms with Crippen molar-refractivity contribution in [1.82, 2.24) is 0 Å². The number of hydrogen-bond donors (Lipinski definition) is 1. The zero-order valence-electron chi connectivity index (χ0n) is 12.8. The molecule has 0 bridgehead atoms. The average molecular weight is 362 g/mol. The van der Waals surface area contributed by atoms with Crippen LogP contribution in [0.3, 0.4) is 0 Å². The van der Waals surface area contributed by atoms with E-state index in [9.17, 15) is 0 Å². The number of aliphatic imine (C=N–C) groups is 2. The molecular formula is C17H20BrN3O. The Balaban J connectivity index is 1.92. The zero-order valence-corrected chi connectivity index (χ0v) is 14.4. The highest BCUT2D eigenvalue weighted by Gasteiger charge is 2.59. The van der Waals surface area contributed by atoms with Crippen molar-refractivity contribution < 1.29 is 4.74 Å². The van der Waals surface area contributed by atoms with E-state index in [1.807, 2.05) is 6.92 Å². The first kappa shape index (κ1) is 14.4. The zero-order chi connectivity index (χ0) is 15.5. The van der Waals surface area contributed by atoms with E-state index >= 15 is 0 Å². The summed E-state index contributed by atoms with van der Waals surface area (Å²) in [4.78, 5) is 10.0. The number of halogens is 1. The van der Waals surface area contributed by atoms with E-state index in [4.69, 9.17) is 20.5 Å². The first-order chi connectivity index (χ1) is 10.6. The van der Waals surface area contributed by atoms with Crippen molar-refractivity contribution in [1.29, 1.82) is 0 Å². The Kier molecular flexibility index (Phi) is 3.20. The monoisotopic (exact) mass is 361 g/mol. The number of benzene rings is 1. The summed E-state index contributed by atoms with van der Waals surface area (Å²) in [7, 11) is 1.79. The van der Waals surface area contributed by atoms with Gasteiger partial charge in [0, 0.05) is 23.4 Å². The fraction of sp³-hybridized carbons (Fsp3) is 0.529. The van der Waals surface area contributed by atoms with Gasteiger partial charge in [0.05, 0.1) is 11.8 Å². The lowest BCUT2D eigenvalue weighted by molar-refractivity contribution is 0.0387. The number of alkyl halides is 1. The van der Waals surface area contributed by atoms with Crippen molar-refractivity contribution in [2.75, 3.05) is 7.11 Å². The molecule has 0 saturated heterocycles. The van der Waals surface area contributed by atoms with Gasteiger partial charge in [-0.25, -0.2) is 4.99 Å². The summed E-state index contributed by atoms with van der Waals surface area (Å²) in [6.07, 6.45) is 2.36. The Bertz CT molecular complexity index is 666. The van der Waals surface area contributed by atoms with Crippen molar-refractivity contribution in [2.45, 2.75) is 42.3 Å². The molecule has 3 aliphatic rings. The maximum Gasteiger partial charge on any atom is 0.183 e. The molecule has 0 aromatic heterocycles. The van der Waals surface area contributed by atoms with Gasteiger partial charge < -0.3 is 10.5 Å². The molecule has 0 amide bonds. The van der Waals surface area contributed by atoms with Gasteiger partial charge in [0.2, 0.25) is 0 Å². The number of fused-ring (bicyclic) bond motifs is 5. The molecule has 4 nitrogen and oxygen atoms in total. The van der Waals surface area contributed by atoms with Crippen molar-refractivity contribution in [3.8, 4) is 0 Å². The minimum Gasteiger partial charge on any atom is -0.382 e. The number of nitrogens with zero attached hydrogens (tertiary/aromatic N) is 2. The van der Waals surface area contributed by atoms with E-state index in [1.165, 1.54) is 11.1 Å². The van der Waals surface area contributed by atoms with Crippen LogP contribution in [0.15, 0.2) is 34.3 Å². The lowest BCUT2D eigenvalue weighted by atomic mass is 9.75. The molecule has 1 fully saturated rings. The number of ether oxygens (including phenoxy) is 1. The van der Waals surface area contributed by atoms with Gasteiger partial charge in [-0.05, 0) is 31.2 Å². The second-order valence-electron chi connectivity index (χ2n) is 6.44. The molecule has 1 spiro atoms. The third-order valence-corrected chi connectivity index (χ3v) is 6.58. The topological polar surface area (TPSA) is 60.0 Å². The summed E-state index contributed by atoms with van der Waals surface area (Å²) in [5.41, 5.74) is 8.96. The summed E-state index contributed by atoms with van der Waals surface area (Å²) in [6, 6.07) is 8.57. The number of amidine groups is 1. The first-order valence-electron chi connectivity index (χ1n) is 7.77. The number of hydrogen-bond acceptors (Lipinski definition) is 4. The largest absolute Gasteiger partial charge is 0.382 e. The van der Waals surface area contributed by atoms with Gasteiger partial charge in [-0.15, -0.1) is 0 Å². The Hall–Kier alpha value is -1.20. The molecule has 1 aliphatic heterocycles. The van der Waals surface area contributed by atoms with Crippen molar-refractivity contribution in [2.24, 2.45) is 21.6 Å². The first-order valence-corrected chi connectivity index (χ1v) is 8.68. The quantitative estimate of drug-likeness (QED) is 0.781. The molecule has 5 atom stereocenters. The summed E-state index contributed by atoms with van der Waals surface area (Å²) >= 11 is 3.90. The lowest BCUT2D eigenvalue weighted by Gasteiger charge is -2.40. The maximum atomic E-state index is 6.10. The van der Waals surface area contributed by atoms with Crippen LogP contribution >= 0.6 is 15.9 Å². The Morgan fingerprint density at radius 3 is 2.73 bits per heavy atom. The van der Waals surface area contributed by atoms with Crippen LogP contribution in [0.5, 0.6) is 0 Å². The highest BCUT2D eigenvalue weighted by molar-refractivity contribution is 9.09. The summed E-state index contributed by atoms with van der Waals surface area (Å²) < 4.78 is 5.69. The van der Waals surface area contributed by atoms with Gasteiger partial charge in [0.15, 0.2) is 5.66 Å². The molecule has 116 valence electrons. The molecule has 2 aliphatic carbocycles. The maximum absolute atomic E-state index is 6.10. The van der Waals surface area contributed by atoms with Gasteiger partial charge in [-0.2, -0.15) is 0 Å². The molecule has 2 N–H and O–H groups in total. The van der Waals surface area contributed by atoms with Crippen LogP contribution in [0.2, 0.25) is 0 Å². The van der Waals surface area contributed by atoms with Gasteiger partial charge in [0.1, 0.15) is 5.84 Å². The molecule has 5 unspecified atom stereocenters. The number of nitrogens with two attached hydrogens (primary N) is 1. The minimum absolute atomic E-state index is 0.194. The fourth-order valence-corrected chi connectivity index (χ4v) is 5.66. The third-order valence-electron chi connectivity index (χ3n) is 5.42. The second-order valence-corrected chi connectivity index (χ2v) is 7.49. The van der Waals surface area contributed by atoms with Crippen LogP contribution in [0.4, 0.5) is 0 Å². The number of methoxy groups -OCH3 is 1. The van der Waals surface area contributed by atoms with Crippen LogP contribution < -0.4 is 5.73 Å². The Labute approximate surface area is 139 Å². The van der Waals surface area contributed by atoms with Gasteiger partial charge >= 0.3 is 0 Å². The molecule has 1 aromatic rings. The Morgan fingerprint density at radius 2 is 2.05 bits per heavy atom. The number of rotatable bonds is 1. The van der Waals surface area contributed by atoms with Crippen molar-refractivity contribution >= 4 is 27.5 Å². The van der Waals surface area contributed by atoms with E-state index in [-0.39, 0.29) is 16.8 Å². The van der Waals surface area contributed by atoms with E-state index in [1.54, 1.807) is 7.11 Å². The van der Waals surface area contributed by atoms with Crippen LogP contribution in [-0.4, -0.2) is 29.6 Å². The standard InChI is InChI=1S/C17H20BrN3O/c1-9-16(19)21-17(20-9)12-6-4-3-5-10(12)11-7-8-13(22-2)15(18)14(11)17/h3-6,11,13-15H,7-8H2,1-2H3,(H2,19,21). The predicted molar refractivity (Wildman–Crippen MR) is 91.8 cm³/mol. The lowest BCUT2D eigenvalue weighted by Crippen LogP contribution is -2.44. The average Bonchev–Trinajstić information content (AvgIpc) is 2.96. The fourth-order valence-electron chi connectivity index (χ4n) is 4.44. The van der Waals surface area contributed by atoms with Gasteiger partial charge in [-0.3, -0.25) is 4.99 Å². The molecular weight excluding hydrogens is 342 g/mol. The van der Waals surface area contributed by atoms with Crippen LogP contribution in [0, 0.1) is 5.92 Å². The van der Waals surface area contributed by atoms with Crippen molar-refractivity contribution in [3.05, 3.63) is 35.4 Å². The van der Waals surface area contributed by atoms with Gasteiger partial charge in [-0.1, -0.05) is 40.2 Å². The summed E-state index contributed by atoms with van der Waals surface area (Å²) in [5.74, 6) is 1.27. The molecule has 1 heterocycles. The van der Waals surface area contributed by atoms with Crippen molar-refractivity contribution in [3.63, 3.8) is 0 Å². The van der Waals surface area contributed by atoms with Gasteiger partial charge in [0.25, 0.3) is 0 Å². The second kappa shape index (κ2) is 4.90. The predicted octanol–water partition coefficient (Wildman–Crippen LogP) is 2.96. The molecule has 1 saturated carbocycles. The highest BCUT2D eigenvalue weighted by Crippen LogP contribution is 2.60. The molecule has 22 heavy (non-hydrogen) atoms. The normalized spacial score (nSPS) is 39.4. The smallest absolute Gasteiger partial charge is 0.183 e. The summed E-state index contributed by atoms with van der Waals surface area (Å²) in [6.45, 7) is 1.95.